The molecule has 1 aliphatic heterocycles. The smallest absolute Gasteiger partial charge is 0.182 e. The van der Waals surface area contributed by atoms with Gasteiger partial charge in [-0.1, -0.05) is 26.8 Å². The maximum absolute atomic E-state index is 14.0. The molecule has 2 nitrogen and oxygen atoms in total. The molecule has 2 rings (SSSR count). The van der Waals surface area contributed by atoms with Crippen LogP contribution in [0.1, 0.15) is 27.2 Å². The lowest BCUT2D eigenvalue weighted by Crippen LogP contribution is -2.58. The van der Waals surface area contributed by atoms with Crippen LogP contribution in [-0.2, 0) is 0 Å². The first-order valence-electron chi connectivity index (χ1n) is 6.98. The minimum Gasteiger partial charge on any atom is -0.363 e. The normalized spacial score (nSPS) is 24.0. The van der Waals surface area contributed by atoms with Crippen molar-refractivity contribution in [2.24, 2.45) is 5.92 Å². The minimum atomic E-state index is -0.771. The Kier molecular flexibility index (Phi) is 4.40. The van der Waals surface area contributed by atoms with Crippen LogP contribution in [0.4, 0.5) is 14.5 Å². The molecule has 106 valence electrons. The summed E-state index contributed by atoms with van der Waals surface area (Å²) in [6.45, 7) is 7.90. The molecule has 1 aromatic carbocycles. The first kappa shape index (κ1) is 14.3. The molecule has 0 amide bonds. The van der Waals surface area contributed by atoms with E-state index in [1.165, 1.54) is 6.07 Å². The number of hydrogen-bond acceptors (Lipinski definition) is 2. The summed E-state index contributed by atoms with van der Waals surface area (Å²) in [5.41, 5.74) is 0.388. The highest BCUT2D eigenvalue weighted by Gasteiger charge is 2.30. The molecule has 1 N–H and O–H groups in total. The highest BCUT2D eigenvalue weighted by atomic mass is 19.2. The quantitative estimate of drug-likeness (QED) is 0.905. The molecule has 1 aliphatic rings. The predicted octanol–water partition coefficient (Wildman–Crippen LogP) is 3.18. The second kappa shape index (κ2) is 5.87. The van der Waals surface area contributed by atoms with Crippen molar-refractivity contribution in [3.8, 4) is 0 Å². The number of rotatable bonds is 3. The van der Waals surface area contributed by atoms with Crippen molar-refractivity contribution >= 4 is 5.69 Å². The van der Waals surface area contributed by atoms with Gasteiger partial charge in [0.2, 0.25) is 0 Å². The molecule has 1 fully saturated rings. The van der Waals surface area contributed by atoms with Gasteiger partial charge in [0.15, 0.2) is 11.6 Å². The minimum absolute atomic E-state index is 0.214. The molecule has 0 bridgehead atoms. The molecule has 0 spiro atoms. The van der Waals surface area contributed by atoms with Crippen LogP contribution in [0.2, 0.25) is 0 Å². The zero-order valence-corrected chi connectivity index (χ0v) is 11.8. The van der Waals surface area contributed by atoms with Gasteiger partial charge in [-0.05, 0) is 24.5 Å². The Balaban J connectivity index is 2.30. The van der Waals surface area contributed by atoms with Crippen LogP contribution in [0.5, 0.6) is 0 Å². The molecule has 1 saturated heterocycles. The van der Waals surface area contributed by atoms with Crippen LogP contribution in [0.3, 0.4) is 0 Å². The summed E-state index contributed by atoms with van der Waals surface area (Å²) in [4.78, 5) is 2.01. The number of piperazine rings is 1. The molecular formula is C15H22F2N2. The SMILES string of the molecule is CCC1CNC(C(C)C)CN1c1cccc(F)c1F. The van der Waals surface area contributed by atoms with E-state index in [1.807, 2.05) is 4.90 Å². The van der Waals surface area contributed by atoms with Gasteiger partial charge in [0.05, 0.1) is 5.69 Å². The van der Waals surface area contributed by atoms with Crippen LogP contribution < -0.4 is 10.2 Å². The largest absolute Gasteiger partial charge is 0.363 e. The molecular weight excluding hydrogens is 246 g/mol. The number of anilines is 1. The first-order valence-corrected chi connectivity index (χ1v) is 6.98. The van der Waals surface area contributed by atoms with Gasteiger partial charge in [0.1, 0.15) is 0 Å². The molecule has 2 unspecified atom stereocenters. The molecule has 0 radical (unpaired) electrons. The summed E-state index contributed by atoms with van der Waals surface area (Å²) in [7, 11) is 0. The zero-order chi connectivity index (χ0) is 14.0. The Labute approximate surface area is 113 Å². The van der Waals surface area contributed by atoms with Gasteiger partial charge < -0.3 is 10.2 Å². The van der Waals surface area contributed by atoms with E-state index in [-0.39, 0.29) is 6.04 Å². The first-order chi connectivity index (χ1) is 9.04. The standard InChI is InChI=1S/C15H22F2N2/c1-4-11-8-18-13(10(2)3)9-19(11)14-7-5-6-12(16)15(14)17/h5-7,10-11,13,18H,4,8-9H2,1-3H3. The Hall–Kier alpha value is -1.16. The second-order valence-electron chi connectivity index (χ2n) is 5.55. The highest BCUT2D eigenvalue weighted by Crippen LogP contribution is 2.27. The topological polar surface area (TPSA) is 15.3 Å². The average Bonchev–Trinajstić information content (AvgIpc) is 2.41. The van der Waals surface area contributed by atoms with E-state index in [1.54, 1.807) is 12.1 Å². The van der Waals surface area contributed by atoms with Gasteiger partial charge in [-0.3, -0.25) is 0 Å². The van der Waals surface area contributed by atoms with E-state index in [2.05, 4.69) is 26.1 Å². The fraction of sp³-hybridized carbons (Fsp3) is 0.600. The molecule has 2 atom stereocenters. The predicted molar refractivity (Wildman–Crippen MR) is 74.4 cm³/mol. The number of nitrogens with zero attached hydrogens (tertiary/aromatic N) is 1. The summed E-state index contributed by atoms with van der Waals surface area (Å²) in [5.74, 6) is -1.03. The summed E-state index contributed by atoms with van der Waals surface area (Å²) in [6, 6.07) is 4.94. The third-order valence-electron chi connectivity index (χ3n) is 3.97. The maximum Gasteiger partial charge on any atom is 0.182 e. The van der Waals surface area contributed by atoms with Crippen molar-refractivity contribution in [2.75, 3.05) is 18.0 Å². The molecule has 0 aliphatic carbocycles. The summed E-state index contributed by atoms with van der Waals surface area (Å²) in [5, 5.41) is 3.50. The Morgan fingerprint density at radius 3 is 2.74 bits per heavy atom. The van der Waals surface area contributed by atoms with Gasteiger partial charge in [0, 0.05) is 25.2 Å². The van der Waals surface area contributed by atoms with E-state index in [4.69, 9.17) is 0 Å². The molecule has 0 aromatic heterocycles. The maximum atomic E-state index is 14.0. The van der Waals surface area contributed by atoms with Gasteiger partial charge in [-0.2, -0.15) is 0 Å². The van der Waals surface area contributed by atoms with E-state index in [0.29, 0.717) is 17.6 Å². The van der Waals surface area contributed by atoms with Crippen molar-refractivity contribution in [3.63, 3.8) is 0 Å². The van der Waals surface area contributed by atoms with Gasteiger partial charge in [-0.15, -0.1) is 0 Å². The van der Waals surface area contributed by atoms with Crippen molar-refractivity contribution in [1.29, 1.82) is 0 Å². The molecule has 0 saturated carbocycles. The number of halogens is 2. The van der Waals surface area contributed by atoms with Crippen LogP contribution >= 0.6 is 0 Å². The number of benzene rings is 1. The van der Waals surface area contributed by atoms with E-state index in [9.17, 15) is 8.78 Å². The lowest BCUT2D eigenvalue weighted by atomic mass is 9.97. The van der Waals surface area contributed by atoms with E-state index >= 15 is 0 Å². The van der Waals surface area contributed by atoms with Crippen LogP contribution in [0, 0.1) is 17.6 Å². The van der Waals surface area contributed by atoms with Crippen molar-refractivity contribution in [1.82, 2.24) is 5.32 Å². The number of hydrogen-bond donors (Lipinski definition) is 1. The van der Waals surface area contributed by atoms with Crippen molar-refractivity contribution < 1.29 is 8.78 Å². The van der Waals surface area contributed by atoms with Gasteiger partial charge >= 0.3 is 0 Å². The Morgan fingerprint density at radius 2 is 2.11 bits per heavy atom. The van der Waals surface area contributed by atoms with E-state index in [0.717, 1.165) is 19.5 Å². The third-order valence-corrected chi connectivity index (χ3v) is 3.97. The van der Waals surface area contributed by atoms with Gasteiger partial charge in [-0.25, -0.2) is 8.78 Å². The molecule has 1 heterocycles. The highest BCUT2D eigenvalue weighted by molar-refractivity contribution is 5.50. The van der Waals surface area contributed by atoms with Crippen molar-refractivity contribution in [3.05, 3.63) is 29.8 Å². The van der Waals surface area contributed by atoms with Crippen LogP contribution in [0.25, 0.3) is 0 Å². The van der Waals surface area contributed by atoms with E-state index < -0.39 is 11.6 Å². The zero-order valence-electron chi connectivity index (χ0n) is 11.8. The van der Waals surface area contributed by atoms with Crippen LogP contribution in [0.15, 0.2) is 18.2 Å². The summed E-state index contributed by atoms with van der Waals surface area (Å²) >= 11 is 0. The van der Waals surface area contributed by atoms with Gasteiger partial charge in [0.25, 0.3) is 0 Å². The monoisotopic (exact) mass is 268 g/mol. The molecule has 4 heteroatoms. The van der Waals surface area contributed by atoms with Crippen molar-refractivity contribution in [2.45, 2.75) is 39.3 Å². The second-order valence-corrected chi connectivity index (χ2v) is 5.55. The Morgan fingerprint density at radius 1 is 1.37 bits per heavy atom. The average molecular weight is 268 g/mol. The fourth-order valence-electron chi connectivity index (χ4n) is 2.64. The van der Waals surface area contributed by atoms with Crippen LogP contribution in [-0.4, -0.2) is 25.2 Å². The Bertz CT molecular complexity index is 434. The fourth-order valence-corrected chi connectivity index (χ4v) is 2.64. The molecule has 19 heavy (non-hydrogen) atoms. The lowest BCUT2D eigenvalue weighted by Gasteiger charge is -2.43. The summed E-state index contributed by atoms with van der Waals surface area (Å²) < 4.78 is 27.4. The lowest BCUT2D eigenvalue weighted by molar-refractivity contribution is 0.322. The third kappa shape index (κ3) is 2.89. The number of nitrogens with one attached hydrogen (secondary N) is 1. The summed E-state index contributed by atoms with van der Waals surface area (Å²) in [6.07, 6.45) is 0.910. The molecule has 1 aromatic rings.